The summed E-state index contributed by atoms with van der Waals surface area (Å²) in [7, 11) is 0. The van der Waals surface area contributed by atoms with Gasteiger partial charge in [0, 0.05) is 36.8 Å². The molecule has 0 fully saturated rings. The molecule has 13 nitrogen and oxygen atoms in total. The third kappa shape index (κ3) is 9.42. The fraction of sp³-hybridized carbons (Fsp3) is 0.233. The van der Waals surface area contributed by atoms with Gasteiger partial charge in [0.15, 0.2) is 11.6 Å². The average molecular weight is 759 g/mol. The Hall–Kier alpha value is -6.89. The summed E-state index contributed by atoms with van der Waals surface area (Å²) in [5.74, 6) is 3.57. The van der Waals surface area contributed by atoms with Crippen LogP contribution in [0.1, 0.15) is 66.9 Å². The number of benzene rings is 4. The van der Waals surface area contributed by atoms with Gasteiger partial charge in [0.05, 0.1) is 11.4 Å². The van der Waals surface area contributed by atoms with E-state index in [0.717, 1.165) is 0 Å². The molecule has 288 valence electrons. The van der Waals surface area contributed by atoms with Gasteiger partial charge in [-0.05, 0) is 97.1 Å². The number of hydrogen-bond donors (Lipinski definition) is 0. The molecule has 6 rings (SSSR count). The Bertz CT molecular complexity index is 2140. The minimum Gasteiger partial charge on any atom is -0.457 e. The number of nitrogens with zero attached hydrogens (tertiary/aromatic N) is 4. The highest BCUT2D eigenvalue weighted by Crippen LogP contribution is 2.38. The summed E-state index contributed by atoms with van der Waals surface area (Å²) in [5, 5.41) is 8.63. The predicted octanol–water partition coefficient (Wildman–Crippen LogP) is 10.8. The molecule has 6 aromatic rings. The number of anilines is 4. The third-order valence-electron chi connectivity index (χ3n) is 8.15. The second kappa shape index (κ2) is 15.8. The summed E-state index contributed by atoms with van der Waals surface area (Å²) >= 11 is 0. The molecule has 2 amide bonds. The summed E-state index contributed by atoms with van der Waals surface area (Å²) in [6.45, 7) is 14.6. The van der Waals surface area contributed by atoms with Gasteiger partial charge in [-0.25, -0.2) is 9.69 Å². The lowest BCUT2D eigenvalue weighted by molar-refractivity contribution is -0.132. The Kier molecular flexibility index (Phi) is 11.0. The highest BCUT2D eigenvalue weighted by atomic mass is 16.5. The van der Waals surface area contributed by atoms with E-state index in [1.165, 1.54) is 23.6 Å². The number of urea groups is 1. The van der Waals surface area contributed by atoms with Crippen LogP contribution in [0, 0.1) is 0 Å². The van der Waals surface area contributed by atoms with Crippen LogP contribution in [0.15, 0.2) is 118 Å². The number of carbonyl (C=O) groups excluding carboxylic acids is 3. The van der Waals surface area contributed by atoms with Gasteiger partial charge in [0.1, 0.15) is 46.0 Å². The SMILES string of the molecule is CC(=O)Oc1ccc(Oc2ccc(N(C(=O)N(c3cc(C(C)(C)C)on3)c3cc(C(C)(C)C)on3)c3ccc(Oc4ccc(OC(C)=O)cc4)cc3)cc2)cc1. The van der Waals surface area contributed by atoms with E-state index >= 15 is 4.79 Å². The normalized spacial score (nSPS) is 11.4. The van der Waals surface area contributed by atoms with Gasteiger partial charge >= 0.3 is 18.0 Å². The Morgan fingerprint density at radius 2 is 0.786 bits per heavy atom. The topological polar surface area (TPSA) is 147 Å². The monoisotopic (exact) mass is 758 g/mol. The molecule has 0 saturated carbocycles. The first-order valence-corrected chi connectivity index (χ1v) is 17.7. The molecule has 0 aliphatic rings. The maximum Gasteiger partial charge on any atom is 0.340 e. The van der Waals surface area contributed by atoms with Crippen LogP contribution in [0.2, 0.25) is 0 Å². The van der Waals surface area contributed by atoms with Gasteiger partial charge < -0.3 is 28.0 Å². The average Bonchev–Trinajstić information content (AvgIpc) is 3.83. The van der Waals surface area contributed by atoms with Gasteiger partial charge in [-0.15, -0.1) is 0 Å². The fourth-order valence-corrected chi connectivity index (χ4v) is 5.31. The van der Waals surface area contributed by atoms with Crippen LogP contribution in [-0.4, -0.2) is 28.3 Å². The van der Waals surface area contributed by atoms with Crippen molar-refractivity contribution in [2.24, 2.45) is 0 Å². The minimum absolute atomic E-state index is 0.216. The Balaban J connectivity index is 1.37. The Morgan fingerprint density at radius 3 is 1.07 bits per heavy atom. The van der Waals surface area contributed by atoms with E-state index < -0.39 is 28.8 Å². The van der Waals surface area contributed by atoms with E-state index in [1.807, 2.05) is 41.5 Å². The van der Waals surface area contributed by atoms with Gasteiger partial charge in [-0.3, -0.25) is 14.5 Å². The van der Waals surface area contributed by atoms with Crippen molar-refractivity contribution in [2.45, 2.75) is 66.2 Å². The quantitative estimate of drug-likeness (QED) is 0.0971. The molecule has 0 aliphatic carbocycles. The number of carbonyl (C=O) groups is 3. The molecule has 0 spiro atoms. The lowest BCUT2D eigenvalue weighted by Gasteiger charge is -2.28. The van der Waals surface area contributed by atoms with Crippen molar-refractivity contribution in [1.82, 2.24) is 10.3 Å². The largest absolute Gasteiger partial charge is 0.457 e. The fourth-order valence-electron chi connectivity index (χ4n) is 5.31. The minimum atomic E-state index is -0.531. The maximum atomic E-state index is 15.1. The van der Waals surface area contributed by atoms with Crippen LogP contribution in [0.5, 0.6) is 34.5 Å². The van der Waals surface area contributed by atoms with Crippen molar-refractivity contribution in [2.75, 3.05) is 9.80 Å². The number of amides is 2. The molecule has 0 atom stereocenters. The number of esters is 2. The van der Waals surface area contributed by atoms with Crippen molar-refractivity contribution >= 4 is 41.0 Å². The molecule has 2 heterocycles. The summed E-state index contributed by atoms with van der Waals surface area (Å²) in [5.41, 5.74) is 0.193. The number of hydrogen-bond acceptors (Lipinski definition) is 11. The second-order valence-electron chi connectivity index (χ2n) is 14.9. The number of rotatable bonds is 10. The van der Waals surface area contributed by atoms with Crippen LogP contribution in [-0.2, 0) is 20.4 Å². The molecule has 13 heteroatoms. The van der Waals surface area contributed by atoms with Crippen molar-refractivity contribution in [3.8, 4) is 34.5 Å². The zero-order valence-electron chi connectivity index (χ0n) is 32.4. The van der Waals surface area contributed by atoms with Crippen LogP contribution < -0.4 is 28.7 Å². The predicted molar refractivity (Wildman–Crippen MR) is 209 cm³/mol. The van der Waals surface area contributed by atoms with E-state index in [2.05, 4.69) is 10.3 Å². The van der Waals surface area contributed by atoms with Crippen molar-refractivity contribution in [3.63, 3.8) is 0 Å². The van der Waals surface area contributed by atoms with E-state index in [1.54, 1.807) is 109 Å². The first-order valence-electron chi connectivity index (χ1n) is 17.7. The zero-order chi connectivity index (χ0) is 40.2. The molecule has 0 radical (unpaired) electrons. The van der Waals surface area contributed by atoms with Crippen LogP contribution in [0.25, 0.3) is 0 Å². The first-order chi connectivity index (χ1) is 26.5. The summed E-state index contributed by atoms with van der Waals surface area (Å²) in [6.07, 6.45) is 0. The van der Waals surface area contributed by atoms with Crippen molar-refractivity contribution < 1.29 is 42.4 Å². The van der Waals surface area contributed by atoms with Crippen molar-refractivity contribution in [3.05, 3.63) is 121 Å². The molecule has 0 N–H and O–H groups in total. The molecule has 0 unspecified atom stereocenters. The Labute approximate surface area is 324 Å². The molecular formula is C43H42N4O9. The molecule has 0 aliphatic heterocycles. The van der Waals surface area contributed by atoms with Gasteiger partial charge in [-0.2, -0.15) is 0 Å². The molecule has 4 aromatic carbocycles. The highest BCUT2D eigenvalue weighted by Gasteiger charge is 2.34. The van der Waals surface area contributed by atoms with E-state index in [9.17, 15) is 9.59 Å². The van der Waals surface area contributed by atoms with E-state index in [-0.39, 0.29) is 11.6 Å². The van der Waals surface area contributed by atoms with Gasteiger partial charge in [-0.1, -0.05) is 51.9 Å². The highest BCUT2D eigenvalue weighted by molar-refractivity contribution is 6.11. The standard InChI is InChI=1S/C43H42N4O9/c1-27(48)51-31-17-21-35(22-18-31)53-33-13-9-29(10-14-33)46(30-11-15-34(16-12-30)54-36-23-19-32(20-24-36)52-28(2)49)41(50)47(39-25-37(55-44-39)42(3,4)5)40-26-38(56-45-40)43(6,7)8/h9-26H,1-8H3. The molecule has 2 aromatic heterocycles. The Morgan fingerprint density at radius 1 is 0.482 bits per heavy atom. The van der Waals surface area contributed by atoms with Crippen LogP contribution in [0.4, 0.5) is 27.8 Å². The zero-order valence-corrected chi connectivity index (χ0v) is 32.4. The molecule has 0 bridgehead atoms. The van der Waals surface area contributed by atoms with Crippen molar-refractivity contribution in [1.29, 1.82) is 0 Å². The number of aromatic nitrogens is 2. The lowest BCUT2D eigenvalue weighted by Crippen LogP contribution is -2.38. The van der Waals surface area contributed by atoms with Crippen LogP contribution in [0.3, 0.4) is 0 Å². The summed E-state index contributed by atoms with van der Waals surface area (Å²) in [4.78, 5) is 40.6. The lowest BCUT2D eigenvalue weighted by atomic mass is 9.93. The second-order valence-corrected chi connectivity index (χ2v) is 14.9. The van der Waals surface area contributed by atoms with Crippen LogP contribution >= 0.6 is 0 Å². The maximum absolute atomic E-state index is 15.1. The van der Waals surface area contributed by atoms with Gasteiger partial charge in [0.2, 0.25) is 0 Å². The molecular weight excluding hydrogens is 716 g/mol. The van der Waals surface area contributed by atoms with E-state index in [4.69, 9.17) is 28.0 Å². The summed E-state index contributed by atoms with van der Waals surface area (Å²) < 4.78 is 33.8. The van der Waals surface area contributed by atoms with Gasteiger partial charge in [0.25, 0.3) is 0 Å². The molecule has 56 heavy (non-hydrogen) atoms. The van der Waals surface area contributed by atoms with E-state index in [0.29, 0.717) is 57.4 Å². The number of ether oxygens (including phenoxy) is 4. The summed E-state index contributed by atoms with van der Waals surface area (Å²) in [6, 6.07) is 30.1. The first kappa shape index (κ1) is 38.8. The smallest absolute Gasteiger partial charge is 0.340 e. The third-order valence-corrected chi connectivity index (χ3v) is 8.15. The molecule has 0 saturated heterocycles.